The molecular weight excluding hydrogens is 265 g/mol. The molecule has 0 heterocycles. The van der Waals surface area contributed by atoms with E-state index in [1.807, 2.05) is 0 Å². The molecular formula is C8H5BrF3O2. The van der Waals surface area contributed by atoms with Crippen molar-refractivity contribution in [3.8, 4) is 5.75 Å². The number of halogens is 4. The van der Waals surface area contributed by atoms with Crippen molar-refractivity contribution in [3.05, 3.63) is 34.8 Å². The molecule has 1 radical (unpaired) electrons. The summed E-state index contributed by atoms with van der Waals surface area (Å²) in [6.07, 6.45) is -4.76. The highest BCUT2D eigenvalue weighted by Gasteiger charge is 2.32. The van der Waals surface area contributed by atoms with Crippen molar-refractivity contribution in [1.29, 1.82) is 0 Å². The van der Waals surface area contributed by atoms with E-state index in [1.165, 1.54) is 12.1 Å². The summed E-state index contributed by atoms with van der Waals surface area (Å²) in [4.78, 5) is 0. The van der Waals surface area contributed by atoms with Crippen molar-refractivity contribution in [1.82, 2.24) is 0 Å². The maximum atomic E-state index is 11.8. The molecule has 1 aromatic rings. The minimum atomic E-state index is -4.76. The van der Waals surface area contributed by atoms with Gasteiger partial charge in [0.2, 0.25) is 0 Å². The van der Waals surface area contributed by atoms with Gasteiger partial charge in [0.1, 0.15) is 12.4 Å². The van der Waals surface area contributed by atoms with E-state index in [0.29, 0.717) is 11.1 Å². The largest absolute Gasteiger partial charge is 0.573 e. The molecule has 0 amide bonds. The average Bonchev–Trinajstić information content (AvgIpc) is 2.06. The van der Waals surface area contributed by atoms with E-state index in [-0.39, 0.29) is 5.56 Å². The smallest absolute Gasteiger partial charge is 0.405 e. The van der Waals surface area contributed by atoms with Crippen molar-refractivity contribution in [3.63, 3.8) is 0 Å². The Morgan fingerprint density at radius 1 is 1.36 bits per heavy atom. The average molecular weight is 270 g/mol. The van der Waals surface area contributed by atoms with E-state index in [4.69, 9.17) is 5.11 Å². The lowest BCUT2D eigenvalue weighted by atomic mass is 10.2. The number of hydrogen-bond acceptors (Lipinski definition) is 2. The van der Waals surface area contributed by atoms with Gasteiger partial charge < -0.3 is 9.84 Å². The van der Waals surface area contributed by atoms with Crippen LogP contribution in [-0.2, 0) is 0 Å². The zero-order valence-electron chi connectivity index (χ0n) is 6.68. The molecule has 0 saturated carbocycles. The summed E-state index contributed by atoms with van der Waals surface area (Å²) in [6.45, 7) is 0.547. The molecule has 77 valence electrons. The van der Waals surface area contributed by atoms with Gasteiger partial charge in [-0.25, -0.2) is 0 Å². The Morgan fingerprint density at radius 2 is 2.00 bits per heavy atom. The third-order valence-corrected chi connectivity index (χ3v) is 1.83. The lowest BCUT2D eigenvalue weighted by molar-refractivity contribution is -0.274. The summed E-state index contributed by atoms with van der Waals surface area (Å²) in [5.74, 6) is -0.441. The summed E-state index contributed by atoms with van der Waals surface area (Å²) >= 11 is 3.05. The Hall–Kier alpha value is -0.750. The predicted molar refractivity (Wildman–Crippen MR) is 46.2 cm³/mol. The van der Waals surface area contributed by atoms with Gasteiger partial charge in [-0.2, -0.15) is 0 Å². The molecule has 6 heteroatoms. The van der Waals surface area contributed by atoms with Gasteiger partial charge >= 0.3 is 6.36 Å². The van der Waals surface area contributed by atoms with Gasteiger partial charge in [0.05, 0.1) is 0 Å². The molecule has 2 nitrogen and oxygen atoms in total. The molecule has 1 aromatic carbocycles. The van der Waals surface area contributed by atoms with Crippen molar-refractivity contribution in [2.24, 2.45) is 0 Å². The van der Waals surface area contributed by atoms with Crippen LogP contribution in [0.4, 0.5) is 13.2 Å². The molecule has 0 saturated heterocycles. The molecule has 1 rings (SSSR count). The summed E-state index contributed by atoms with van der Waals surface area (Å²) in [5, 5.41) is 8.65. The van der Waals surface area contributed by atoms with Gasteiger partial charge in [-0.3, -0.25) is 0 Å². The Bertz CT molecular complexity index is 325. The van der Waals surface area contributed by atoms with E-state index in [1.54, 1.807) is 0 Å². The van der Waals surface area contributed by atoms with Crippen LogP contribution in [0.15, 0.2) is 22.7 Å². The first-order valence-corrected chi connectivity index (χ1v) is 4.24. The van der Waals surface area contributed by atoms with Crippen LogP contribution in [0.1, 0.15) is 5.56 Å². The molecule has 0 spiro atoms. The molecule has 0 aromatic heterocycles. The van der Waals surface area contributed by atoms with Gasteiger partial charge in [-0.1, -0.05) is 15.9 Å². The molecule has 14 heavy (non-hydrogen) atoms. The number of ether oxygens (including phenoxy) is 1. The molecule has 0 unspecified atom stereocenters. The van der Waals surface area contributed by atoms with Crippen LogP contribution in [0.5, 0.6) is 5.75 Å². The normalized spacial score (nSPS) is 11.5. The van der Waals surface area contributed by atoms with Crippen LogP contribution in [-0.4, -0.2) is 11.5 Å². The van der Waals surface area contributed by atoms with Gasteiger partial charge in [0, 0.05) is 10.0 Å². The van der Waals surface area contributed by atoms with Crippen molar-refractivity contribution in [2.75, 3.05) is 0 Å². The number of benzene rings is 1. The minimum absolute atomic E-state index is 0.0447. The molecule has 0 bridgehead atoms. The summed E-state index contributed by atoms with van der Waals surface area (Å²) in [7, 11) is 0. The van der Waals surface area contributed by atoms with Crippen LogP contribution in [0.25, 0.3) is 0 Å². The second-order valence-electron chi connectivity index (χ2n) is 2.36. The Kier molecular flexibility index (Phi) is 3.38. The SMILES string of the molecule is O[CH]c1cc(Br)ccc1OC(F)(F)F. The highest BCUT2D eigenvalue weighted by molar-refractivity contribution is 9.10. The zero-order chi connectivity index (χ0) is 10.8. The quantitative estimate of drug-likeness (QED) is 0.893. The van der Waals surface area contributed by atoms with Crippen LogP contribution in [0.2, 0.25) is 0 Å². The van der Waals surface area contributed by atoms with E-state index in [9.17, 15) is 13.2 Å². The molecule has 1 N–H and O–H groups in total. The third-order valence-electron chi connectivity index (χ3n) is 1.34. The fraction of sp³-hybridized carbons (Fsp3) is 0.125. The summed E-state index contributed by atoms with van der Waals surface area (Å²) < 4.78 is 39.7. The van der Waals surface area contributed by atoms with Gasteiger partial charge in [-0.05, 0) is 18.2 Å². The van der Waals surface area contributed by atoms with Crippen LogP contribution < -0.4 is 4.74 Å². The van der Waals surface area contributed by atoms with E-state index < -0.39 is 12.1 Å². The highest BCUT2D eigenvalue weighted by atomic mass is 79.9. The zero-order valence-corrected chi connectivity index (χ0v) is 8.26. The lowest BCUT2D eigenvalue weighted by Gasteiger charge is -2.11. The second-order valence-corrected chi connectivity index (χ2v) is 3.27. The molecule has 0 aliphatic carbocycles. The number of rotatable bonds is 2. The minimum Gasteiger partial charge on any atom is -0.405 e. The number of hydrogen-bond donors (Lipinski definition) is 1. The maximum absolute atomic E-state index is 11.8. The van der Waals surface area contributed by atoms with Crippen LogP contribution in [0, 0.1) is 6.61 Å². The van der Waals surface area contributed by atoms with Crippen molar-refractivity contribution < 1.29 is 23.0 Å². The van der Waals surface area contributed by atoms with Gasteiger partial charge in [0.25, 0.3) is 0 Å². The lowest BCUT2D eigenvalue weighted by Crippen LogP contribution is -2.18. The highest BCUT2D eigenvalue weighted by Crippen LogP contribution is 2.29. The standard InChI is InChI=1S/C8H5BrF3O2/c9-6-1-2-7(5(3-6)4-13)14-8(10,11)12/h1-4,13H. The molecule has 0 fully saturated rings. The summed E-state index contributed by atoms with van der Waals surface area (Å²) in [6, 6.07) is 3.80. The van der Waals surface area contributed by atoms with Gasteiger partial charge in [-0.15, -0.1) is 13.2 Å². The molecule has 0 aliphatic heterocycles. The Balaban J connectivity index is 2.97. The fourth-order valence-electron chi connectivity index (χ4n) is 0.838. The van der Waals surface area contributed by atoms with E-state index in [2.05, 4.69) is 20.7 Å². The van der Waals surface area contributed by atoms with E-state index in [0.717, 1.165) is 6.07 Å². The number of aliphatic hydroxyl groups is 1. The molecule has 0 aliphatic rings. The van der Waals surface area contributed by atoms with Crippen molar-refractivity contribution in [2.45, 2.75) is 6.36 Å². The first-order valence-electron chi connectivity index (χ1n) is 3.45. The Labute approximate surface area is 86.4 Å². The second kappa shape index (κ2) is 4.18. The monoisotopic (exact) mass is 269 g/mol. The number of aliphatic hydroxyl groups excluding tert-OH is 1. The first kappa shape index (κ1) is 11.3. The molecule has 0 atom stereocenters. The van der Waals surface area contributed by atoms with E-state index >= 15 is 0 Å². The maximum Gasteiger partial charge on any atom is 0.573 e. The topological polar surface area (TPSA) is 29.5 Å². The first-order chi connectivity index (χ1) is 6.42. The third kappa shape index (κ3) is 3.19. The Morgan fingerprint density at radius 3 is 2.50 bits per heavy atom. The number of alkyl halides is 3. The van der Waals surface area contributed by atoms with Crippen LogP contribution in [0.3, 0.4) is 0 Å². The van der Waals surface area contributed by atoms with Crippen molar-refractivity contribution >= 4 is 15.9 Å². The summed E-state index contributed by atoms with van der Waals surface area (Å²) in [5.41, 5.74) is -0.0447. The van der Waals surface area contributed by atoms with Gasteiger partial charge in [0.15, 0.2) is 0 Å². The fourth-order valence-corrected chi connectivity index (χ4v) is 1.22. The predicted octanol–water partition coefficient (Wildman–Crippen LogP) is 3.23. The van der Waals surface area contributed by atoms with Crippen LogP contribution >= 0.6 is 15.9 Å².